The minimum Gasteiger partial charge on any atom is -0.356 e. The van der Waals surface area contributed by atoms with Crippen LogP contribution in [0, 0.1) is 0 Å². The van der Waals surface area contributed by atoms with Gasteiger partial charge in [-0.05, 0) is 44.1 Å². The number of nitrogens with zero attached hydrogens (tertiary/aromatic N) is 6. The van der Waals surface area contributed by atoms with Gasteiger partial charge in [-0.15, -0.1) is 11.3 Å². The molecule has 4 heterocycles. The van der Waals surface area contributed by atoms with E-state index in [1.165, 1.54) is 46.3 Å². The molecule has 0 bridgehead atoms. The van der Waals surface area contributed by atoms with Crippen LogP contribution in [0.25, 0.3) is 10.2 Å². The number of rotatable bonds is 2. The normalized spacial score (nSPS) is 18.9. The van der Waals surface area contributed by atoms with Gasteiger partial charge in [0, 0.05) is 18.0 Å². The highest BCUT2D eigenvalue weighted by molar-refractivity contribution is 7.19. The van der Waals surface area contributed by atoms with Crippen molar-refractivity contribution in [1.29, 1.82) is 0 Å². The number of piperidine rings is 1. The molecule has 5 rings (SSSR count). The van der Waals surface area contributed by atoms with E-state index in [1.54, 1.807) is 12.7 Å². The average molecular weight is 340 g/mol. The van der Waals surface area contributed by atoms with Crippen LogP contribution in [0.1, 0.15) is 42.2 Å². The first kappa shape index (κ1) is 14.3. The van der Waals surface area contributed by atoms with Crippen LogP contribution in [-0.2, 0) is 12.8 Å². The summed E-state index contributed by atoms with van der Waals surface area (Å²) < 4.78 is 2.00. The second-order valence-corrected chi connectivity index (χ2v) is 7.77. The predicted molar refractivity (Wildman–Crippen MR) is 94.6 cm³/mol. The first-order valence-corrected chi connectivity index (χ1v) is 9.56. The fourth-order valence-corrected chi connectivity index (χ4v) is 5.28. The molecule has 0 N–H and O–H groups in total. The van der Waals surface area contributed by atoms with E-state index in [0.717, 1.165) is 31.7 Å². The van der Waals surface area contributed by atoms with Crippen molar-refractivity contribution < 1.29 is 0 Å². The summed E-state index contributed by atoms with van der Waals surface area (Å²) in [6, 6.07) is 0.456. The Kier molecular flexibility index (Phi) is 3.47. The molecule has 1 saturated heterocycles. The van der Waals surface area contributed by atoms with E-state index in [1.807, 2.05) is 22.3 Å². The molecule has 3 aromatic heterocycles. The average Bonchev–Trinajstić information content (AvgIpc) is 3.29. The fourth-order valence-electron chi connectivity index (χ4n) is 4.06. The molecule has 0 saturated carbocycles. The number of aryl methyl sites for hydroxylation is 2. The van der Waals surface area contributed by atoms with Gasteiger partial charge >= 0.3 is 0 Å². The molecule has 3 aromatic rings. The summed E-state index contributed by atoms with van der Waals surface area (Å²) in [4.78, 5) is 18.5. The Balaban J connectivity index is 1.46. The molecule has 0 amide bonds. The van der Waals surface area contributed by atoms with Crippen molar-refractivity contribution in [2.24, 2.45) is 0 Å². The third-order valence-corrected chi connectivity index (χ3v) is 6.51. The highest BCUT2D eigenvalue weighted by atomic mass is 32.1. The number of fused-ring (bicyclic) bond motifs is 3. The summed E-state index contributed by atoms with van der Waals surface area (Å²) in [5.74, 6) is 1.15. The lowest BCUT2D eigenvalue weighted by Gasteiger charge is -2.33. The molecule has 6 nitrogen and oxygen atoms in total. The van der Waals surface area contributed by atoms with Gasteiger partial charge in [0.2, 0.25) is 0 Å². The number of hydrogen-bond donors (Lipinski definition) is 0. The summed E-state index contributed by atoms with van der Waals surface area (Å²) in [5, 5.41) is 5.63. The Morgan fingerprint density at radius 2 is 1.92 bits per heavy atom. The first-order chi connectivity index (χ1) is 11.9. The molecular formula is C17H20N6S. The van der Waals surface area contributed by atoms with E-state index < -0.39 is 0 Å². The van der Waals surface area contributed by atoms with E-state index in [-0.39, 0.29) is 0 Å². The van der Waals surface area contributed by atoms with Crippen LogP contribution >= 0.6 is 11.3 Å². The molecule has 0 atom stereocenters. The number of anilines is 1. The second kappa shape index (κ2) is 5.81. The lowest BCUT2D eigenvalue weighted by molar-refractivity contribution is 0.365. The zero-order chi connectivity index (χ0) is 15.9. The molecule has 0 aromatic carbocycles. The van der Waals surface area contributed by atoms with Gasteiger partial charge in [0.05, 0.1) is 11.4 Å². The Hall–Kier alpha value is -2.02. The second-order valence-electron chi connectivity index (χ2n) is 6.68. The van der Waals surface area contributed by atoms with E-state index in [2.05, 4.69) is 25.0 Å². The molecule has 1 aliphatic carbocycles. The molecule has 24 heavy (non-hydrogen) atoms. The predicted octanol–water partition coefficient (Wildman–Crippen LogP) is 3.00. The summed E-state index contributed by atoms with van der Waals surface area (Å²) in [5.41, 5.74) is 1.52. The highest BCUT2D eigenvalue weighted by Crippen LogP contribution is 2.40. The summed E-state index contributed by atoms with van der Waals surface area (Å²) in [6.45, 7) is 2.03. The zero-order valence-corrected chi connectivity index (χ0v) is 14.4. The minimum absolute atomic E-state index is 0.456. The molecule has 0 unspecified atom stereocenters. The maximum atomic E-state index is 4.69. The van der Waals surface area contributed by atoms with Gasteiger partial charge in [0.25, 0.3) is 0 Å². The van der Waals surface area contributed by atoms with Gasteiger partial charge < -0.3 is 4.90 Å². The Morgan fingerprint density at radius 3 is 2.75 bits per heavy atom. The van der Waals surface area contributed by atoms with E-state index in [4.69, 9.17) is 0 Å². The Bertz CT molecular complexity index is 847. The molecule has 124 valence electrons. The van der Waals surface area contributed by atoms with Crippen LogP contribution in [0.5, 0.6) is 0 Å². The summed E-state index contributed by atoms with van der Waals surface area (Å²) in [6.07, 6.45) is 12.4. The van der Waals surface area contributed by atoms with Crippen molar-refractivity contribution >= 4 is 27.4 Å². The number of hydrogen-bond acceptors (Lipinski definition) is 6. The molecule has 2 aliphatic rings. The van der Waals surface area contributed by atoms with E-state index in [0.29, 0.717) is 6.04 Å². The largest absolute Gasteiger partial charge is 0.356 e. The maximum Gasteiger partial charge on any atom is 0.141 e. The van der Waals surface area contributed by atoms with E-state index in [9.17, 15) is 0 Å². The molecule has 1 aliphatic heterocycles. The van der Waals surface area contributed by atoms with Crippen molar-refractivity contribution in [3.05, 3.63) is 29.4 Å². The van der Waals surface area contributed by atoms with Gasteiger partial charge in [-0.2, -0.15) is 5.10 Å². The topological polar surface area (TPSA) is 59.7 Å². The molecule has 0 radical (unpaired) electrons. The van der Waals surface area contributed by atoms with Crippen molar-refractivity contribution in [2.75, 3.05) is 18.0 Å². The van der Waals surface area contributed by atoms with Crippen LogP contribution in [0.3, 0.4) is 0 Å². The van der Waals surface area contributed by atoms with Gasteiger partial charge in [-0.3, -0.25) is 0 Å². The number of aromatic nitrogens is 5. The van der Waals surface area contributed by atoms with Crippen LogP contribution in [-0.4, -0.2) is 37.8 Å². The molecule has 0 spiro atoms. The van der Waals surface area contributed by atoms with Crippen LogP contribution in [0.2, 0.25) is 0 Å². The highest BCUT2D eigenvalue weighted by Gasteiger charge is 2.26. The maximum absolute atomic E-state index is 4.69. The van der Waals surface area contributed by atoms with Gasteiger partial charge in [-0.1, -0.05) is 0 Å². The summed E-state index contributed by atoms with van der Waals surface area (Å²) >= 11 is 1.88. The van der Waals surface area contributed by atoms with Gasteiger partial charge in [0.15, 0.2) is 0 Å². The minimum atomic E-state index is 0.456. The number of thiophene rings is 1. The first-order valence-electron chi connectivity index (χ1n) is 8.74. The quantitative estimate of drug-likeness (QED) is 0.718. The SMILES string of the molecule is c1nc(N2CCC(n3cncn3)CC2)c2c3c(sc2n1)CCCC3. The fraction of sp³-hybridized carbons (Fsp3) is 0.529. The smallest absolute Gasteiger partial charge is 0.141 e. The zero-order valence-electron chi connectivity index (χ0n) is 13.6. The van der Waals surface area contributed by atoms with Crippen molar-refractivity contribution in [3.63, 3.8) is 0 Å². The third-order valence-electron chi connectivity index (χ3n) is 5.31. The van der Waals surface area contributed by atoms with Gasteiger partial charge in [0.1, 0.15) is 29.6 Å². The van der Waals surface area contributed by atoms with Crippen molar-refractivity contribution in [1.82, 2.24) is 24.7 Å². The lowest BCUT2D eigenvalue weighted by atomic mass is 9.96. The standard InChI is InChI=1S/C17H20N6S/c1-2-4-14-13(3-1)15-16(19-10-20-17(15)24-14)22-7-5-12(6-8-22)23-11-18-9-21-23/h9-12H,1-8H2. The Morgan fingerprint density at radius 1 is 1.04 bits per heavy atom. The lowest BCUT2D eigenvalue weighted by Crippen LogP contribution is -2.35. The van der Waals surface area contributed by atoms with E-state index >= 15 is 0 Å². The van der Waals surface area contributed by atoms with Crippen molar-refractivity contribution in [2.45, 2.75) is 44.6 Å². The molecule has 7 heteroatoms. The van der Waals surface area contributed by atoms with Crippen molar-refractivity contribution in [3.8, 4) is 0 Å². The molecule has 1 fully saturated rings. The van der Waals surface area contributed by atoms with Gasteiger partial charge in [-0.25, -0.2) is 19.6 Å². The van der Waals surface area contributed by atoms with Crippen LogP contribution in [0.15, 0.2) is 19.0 Å². The third kappa shape index (κ3) is 2.30. The van der Waals surface area contributed by atoms with Crippen LogP contribution in [0.4, 0.5) is 5.82 Å². The Labute approximate surface area is 144 Å². The summed E-state index contributed by atoms with van der Waals surface area (Å²) in [7, 11) is 0. The monoisotopic (exact) mass is 340 g/mol. The van der Waals surface area contributed by atoms with Crippen LogP contribution < -0.4 is 4.90 Å². The molecular weight excluding hydrogens is 320 g/mol.